The number of carbonyl (C=O) groups excluding carboxylic acids is 1. The average molecular weight is 285 g/mol. The first-order valence-electron chi connectivity index (χ1n) is 8.01. The van der Waals surface area contributed by atoms with Crippen LogP contribution < -0.4 is 5.32 Å². The van der Waals surface area contributed by atoms with Crippen molar-refractivity contribution >= 4 is 16.9 Å². The van der Waals surface area contributed by atoms with Crippen LogP contribution in [0, 0.1) is 5.92 Å². The number of benzene rings is 1. The van der Waals surface area contributed by atoms with Crippen LogP contribution in [0.3, 0.4) is 0 Å². The van der Waals surface area contributed by atoms with Crippen LogP contribution >= 0.6 is 0 Å². The first kappa shape index (κ1) is 14.1. The number of imidazole rings is 1. The van der Waals surface area contributed by atoms with Crippen molar-refractivity contribution in [1.82, 2.24) is 15.3 Å². The zero-order valence-corrected chi connectivity index (χ0v) is 12.4. The van der Waals surface area contributed by atoms with Gasteiger partial charge in [0.15, 0.2) is 0 Å². The molecule has 0 aliphatic heterocycles. The van der Waals surface area contributed by atoms with Gasteiger partial charge in [0.25, 0.3) is 0 Å². The maximum atomic E-state index is 12.1. The summed E-state index contributed by atoms with van der Waals surface area (Å²) in [5.41, 5.74) is 1.97. The summed E-state index contributed by atoms with van der Waals surface area (Å²) >= 11 is 0. The molecule has 4 heteroatoms. The van der Waals surface area contributed by atoms with E-state index < -0.39 is 0 Å². The Morgan fingerprint density at radius 3 is 2.71 bits per heavy atom. The minimum Gasteiger partial charge on any atom is -0.349 e. The lowest BCUT2D eigenvalue weighted by atomic mass is 9.96. The molecule has 1 fully saturated rings. The van der Waals surface area contributed by atoms with Crippen LogP contribution in [0.1, 0.15) is 50.8 Å². The van der Waals surface area contributed by atoms with Crippen molar-refractivity contribution in [3.8, 4) is 0 Å². The summed E-state index contributed by atoms with van der Waals surface area (Å²) in [6.45, 7) is 0.486. The first-order valence-corrected chi connectivity index (χ1v) is 8.01. The number of nitrogens with zero attached hydrogens (tertiary/aromatic N) is 1. The molecule has 2 aromatic rings. The highest BCUT2D eigenvalue weighted by molar-refractivity contribution is 5.77. The fourth-order valence-electron chi connectivity index (χ4n) is 3.17. The van der Waals surface area contributed by atoms with Crippen LogP contribution in [0.25, 0.3) is 11.0 Å². The number of aromatic amines is 1. The van der Waals surface area contributed by atoms with Gasteiger partial charge in [-0.05, 0) is 30.9 Å². The third-order valence-electron chi connectivity index (χ3n) is 4.34. The molecule has 0 atom stereocenters. The lowest BCUT2D eigenvalue weighted by molar-refractivity contribution is -0.122. The van der Waals surface area contributed by atoms with Crippen molar-refractivity contribution < 1.29 is 4.79 Å². The fourth-order valence-corrected chi connectivity index (χ4v) is 3.17. The van der Waals surface area contributed by atoms with Crippen LogP contribution in [0.5, 0.6) is 0 Å². The van der Waals surface area contributed by atoms with Crippen molar-refractivity contribution in [3.05, 3.63) is 30.1 Å². The summed E-state index contributed by atoms with van der Waals surface area (Å²) in [6, 6.07) is 7.92. The minimum atomic E-state index is 0.155. The van der Waals surface area contributed by atoms with Gasteiger partial charge in [0.05, 0.1) is 17.6 Å². The highest BCUT2D eigenvalue weighted by Crippen LogP contribution is 2.25. The largest absolute Gasteiger partial charge is 0.349 e. The maximum absolute atomic E-state index is 12.1. The Kier molecular flexibility index (Phi) is 4.53. The molecule has 1 aliphatic carbocycles. The lowest BCUT2D eigenvalue weighted by Crippen LogP contribution is -2.25. The van der Waals surface area contributed by atoms with Gasteiger partial charge in [-0.3, -0.25) is 4.79 Å². The molecule has 3 rings (SSSR count). The number of aromatic nitrogens is 2. The highest BCUT2D eigenvalue weighted by Gasteiger charge is 2.16. The SMILES string of the molecule is O=C(CC1CCCCCC1)NCc1nc2ccccc2[nH]1. The van der Waals surface area contributed by atoms with E-state index in [2.05, 4.69) is 15.3 Å². The summed E-state index contributed by atoms with van der Waals surface area (Å²) in [4.78, 5) is 19.8. The van der Waals surface area contributed by atoms with Gasteiger partial charge in [0, 0.05) is 6.42 Å². The molecule has 1 aromatic carbocycles. The van der Waals surface area contributed by atoms with E-state index in [1.807, 2.05) is 24.3 Å². The number of fused-ring (bicyclic) bond motifs is 1. The second kappa shape index (κ2) is 6.74. The standard InChI is InChI=1S/C17H23N3O/c21-17(11-13-7-3-1-2-4-8-13)18-12-16-19-14-9-5-6-10-15(14)20-16/h5-6,9-10,13H,1-4,7-8,11-12H2,(H,18,21)(H,19,20). The highest BCUT2D eigenvalue weighted by atomic mass is 16.1. The molecule has 1 aliphatic rings. The van der Waals surface area contributed by atoms with E-state index in [0.29, 0.717) is 18.9 Å². The molecule has 21 heavy (non-hydrogen) atoms. The van der Waals surface area contributed by atoms with Gasteiger partial charge in [-0.15, -0.1) is 0 Å². The maximum Gasteiger partial charge on any atom is 0.220 e. The third kappa shape index (κ3) is 3.84. The van der Waals surface area contributed by atoms with Crippen molar-refractivity contribution in [2.24, 2.45) is 5.92 Å². The summed E-state index contributed by atoms with van der Waals surface area (Å²) in [5.74, 6) is 1.55. The quantitative estimate of drug-likeness (QED) is 0.844. The smallest absolute Gasteiger partial charge is 0.220 e. The topological polar surface area (TPSA) is 57.8 Å². The van der Waals surface area contributed by atoms with E-state index in [0.717, 1.165) is 16.9 Å². The van der Waals surface area contributed by atoms with Gasteiger partial charge in [-0.25, -0.2) is 4.98 Å². The van der Waals surface area contributed by atoms with Crippen LogP contribution in [0.4, 0.5) is 0 Å². The van der Waals surface area contributed by atoms with Gasteiger partial charge in [0.2, 0.25) is 5.91 Å². The minimum absolute atomic E-state index is 0.155. The summed E-state index contributed by atoms with van der Waals surface area (Å²) in [6.07, 6.45) is 8.30. The van der Waals surface area contributed by atoms with Gasteiger partial charge >= 0.3 is 0 Å². The zero-order chi connectivity index (χ0) is 14.5. The first-order chi connectivity index (χ1) is 10.3. The number of H-pyrrole nitrogens is 1. The normalized spacial score (nSPS) is 16.8. The second-order valence-electron chi connectivity index (χ2n) is 6.04. The average Bonchev–Trinajstić information content (AvgIpc) is 2.74. The number of carbonyl (C=O) groups is 1. The molecule has 1 heterocycles. The Balaban J connectivity index is 1.50. The summed E-state index contributed by atoms with van der Waals surface area (Å²) in [5, 5.41) is 2.99. The second-order valence-corrected chi connectivity index (χ2v) is 6.04. The van der Waals surface area contributed by atoms with Crippen LogP contribution in [-0.4, -0.2) is 15.9 Å². The fraction of sp³-hybridized carbons (Fsp3) is 0.529. The third-order valence-corrected chi connectivity index (χ3v) is 4.34. The van der Waals surface area contributed by atoms with Gasteiger partial charge < -0.3 is 10.3 Å². The van der Waals surface area contributed by atoms with Gasteiger partial charge in [-0.2, -0.15) is 0 Å². The van der Waals surface area contributed by atoms with E-state index in [-0.39, 0.29) is 5.91 Å². The van der Waals surface area contributed by atoms with E-state index in [1.165, 1.54) is 38.5 Å². The van der Waals surface area contributed by atoms with Gasteiger partial charge in [0.1, 0.15) is 5.82 Å². The van der Waals surface area contributed by atoms with E-state index >= 15 is 0 Å². The molecular weight excluding hydrogens is 262 g/mol. The van der Waals surface area contributed by atoms with Crippen LogP contribution in [0.2, 0.25) is 0 Å². The molecule has 0 spiro atoms. The molecule has 4 nitrogen and oxygen atoms in total. The van der Waals surface area contributed by atoms with E-state index in [1.54, 1.807) is 0 Å². The monoisotopic (exact) mass is 285 g/mol. The molecule has 0 saturated heterocycles. The molecular formula is C17H23N3O. The predicted octanol–water partition coefficient (Wildman–Crippen LogP) is 3.54. The van der Waals surface area contributed by atoms with Gasteiger partial charge in [-0.1, -0.05) is 37.8 Å². The number of rotatable bonds is 4. The molecule has 1 saturated carbocycles. The molecule has 0 bridgehead atoms. The Bertz CT molecular complexity index is 564. The van der Waals surface area contributed by atoms with Crippen molar-refractivity contribution in [2.45, 2.75) is 51.5 Å². The summed E-state index contributed by atoms with van der Waals surface area (Å²) < 4.78 is 0. The molecule has 112 valence electrons. The van der Waals surface area contributed by atoms with Crippen molar-refractivity contribution in [3.63, 3.8) is 0 Å². The molecule has 1 aromatic heterocycles. The molecule has 0 unspecified atom stereocenters. The lowest BCUT2D eigenvalue weighted by Gasteiger charge is -2.13. The number of amides is 1. The van der Waals surface area contributed by atoms with Crippen LogP contribution in [-0.2, 0) is 11.3 Å². The molecule has 2 N–H and O–H groups in total. The number of hydrogen-bond acceptors (Lipinski definition) is 2. The Morgan fingerprint density at radius 1 is 1.19 bits per heavy atom. The number of hydrogen-bond donors (Lipinski definition) is 2. The Hall–Kier alpha value is -1.84. The van der Waals surface area contributed by atoms with Crippen LogP contribution in [0.15, 0.2) is 24.3 Å². The molecule has 1 amide bonds. The number of para-hydroxylation sites is 2. The van der Waals surface area contributed by atoms with Crippen molar-refractivity contribution in [2.75, 3.05) is 0 Å². The zero-order valence-electron chi connectivity index (χ0n) is 12.4. The Labute approximate surface area is 125 Å². The summed E-state index contributed by atoms with van der Waals surface area (Å²) in [7, 11) is 0. The Morgan fingerprint density at radius 2 is 1.95 bits per heavy atom. The number of nitrogens with one attached hydrogen (secondary N) is 2. The van der Waals surface area contributed by atoms with E-state index in [4.69, 9.17) is 0 Å². The predicted molar refractivity (Wildman–Crippen MR) is 83.7 cm³/mol. The van der Waals surface area contributed by atoms with Crippen molar-refractivity contribution in [1.29, 1.82) is 0 Å². The molecule has 0 radical (unpaired) electrons. The van der Waals surface area contributed by atoms with E-state index in [9.17, 15) is 4.79 Å².